The van der Waals surface area contributed by atoms with Crippen LogP contribution >= 0.6 is 11.6 Å². The highest BCUT2D eigenvalue weighted by Crippen LogP contribution is 2.41. The van der Waals surface area contributed by atoms with Crippen LogP contribution in [0.1, 0.15) is 23.3 Å². The number of nitrogens with zero attached hydrogens (tertiary/aromatic N) is 1. The van der Waals surface area contributed by atoms with Crippen LogP contribution in [0.25, 0.3) is 0 Å². The summed E-state index contributed by atoms with van der Waals surface area (Å²) in [6.07, 6.45) is 1.13. The molecular weight excluding hydrogens is 250 g/mol. The van der Waals surface area contributed by atoms with Crippen LogP contribution in [0.3, 0.4) is 0 Å². The quantitative estimate of drug-likeness (QED) is 0.907. The Bertz CT molecular complexity index is 431. The summed E-state index contributed by atoms with van der Waals surface area (Å²) >= 11 is 5.78. The van der Waals surface area contributed by atoms with Crippen LogP contribution in [0.2, 0.25) is 5.02 Å². The number of carbonyl (C=O) groups is 1. The first-order valence-electron chi connectivity index (χ1n) is 5.24. The lowest BCUT2D eigenvalue weighted by Crippen LogP contribution is -2.42. The second-order valence-electron chi connectivity index (χ2n) is 4.17. The van der Waals surface area contributed by atoms with Gasteiger partial charge in [-0.15, -0.1) is 0 Å². The maximum absolute atomic E-state index is 12.6. The normalized spacial score (nSPS) is 18.5. The van der Waals surface area contributed by atoms with Crippen molar-refractivity contribution in [3.8, 4) is 0 Å². The molecule has 1 aromatic rings. The molecular formula is C11H11ClF2N2O. The molecule has 1 amide bonds. The number of hydrogen-bond acceptors (Lipinski definition) is 2. The van der Waals surface area contributed by atoms with Gasteiger partial charge < -0.3 is 5.32 Å². The highest BCUT2D eigenvalue weighted by atomic mass is 35.5. The molecule has 0 saturated heterocycles. The molecule has 2 rings (SSSR count). The van der Waals surface area contributed by atoms with E-state index in [-0.39, 0.29) is 36.0 Å². The van der Waals surface area contributed by atoms with Gasteiger partial charge in [-0.3, -0.25) is 4.79 Å². The summed E-state index contributed by atoms with van der Waals surface area (Å²) in [4.78, 5) is 15.5. The Balaban J connectivity index is 1.85. The standard InChI is InChI=1S/C11H11ClF2N2O/c12-8-2-1-3-15-9(8)10(17)16-6-7-4-11(13,14)5-7/h1-3,7H,4-6H2,(H,16,17). The number of hydrogen-bond donors (Lipinski definition) is 1. The lowest BCUT2D eigenvalue weighted by Gasteiger charge is -2.34. The first-order valence-corrected chi connectivity index (χ1v) is 5.62. The summed E-state index contributed by atoms with van der Waals surface area (Å²) in [5.41, 5.74) is 0.125. The van der Waals surface area contributed by atoms with Crippen molar-refractivity contribution >= 4 is 17.5 Å². The Kier molecular flexibility index (Phi) is 3.28. The van der Waals surface area contributed by atoms with E-state index in [0.717, 1.165) is 0 Å². The van der Waals surface area contributed by atoms with Crippen LogP contribution < -0.4 is 5.32 Å². The topological polar surface area (TPSA) is 42.0 Å². The summed E-state index contributed by atoms with van der Waals surface area (Å²) in [5, 5.41) is 2.81. The third-order valence-electron chi connectivity index (χ3n) is 2.70. The van der Waals surface area contributed by atoms with Crippen molar-refractivity contribution in [2.24, 2.45) is 5.92 Å². The van der Waals surface area contributed by atoms with Gasteiger partial charge in [0, 0.05) is 25.6 Å². The third kappa shape index (κ3) is 2.91. The van der Waals surface area contributed by atoms with Crippen LogP contribution in [0.4, 0.5) is 8.78 Å². The highest BCUT2D eigenvalue weighted by Gasteiger charge is 2.45. The Morgan fingerprint density at radius 1 is 1.59 bits per heavy atom. The van der Waals surface area contributed by atoms with Crippen LogP contribution in [-0.4, -0.2) is 23.4 Å². The van der Waals surface area contributed by atoms with E-state index in [1.165, 1.54) is 6.20 Å². The fourth-order valence-corrected chi connectivity index (χ4v) is 2.01. The molecule has 1 aliphatic rings. The molecule has 17 heavy (non-hydrogen) atoms. The second kappa shape index (κ2) is 4.56. The highest BCUT2D eigenvalue weighted by molar-refractivity contribution is 6.33. The first-order chi connectivity index (χ1) is 7.98. The van der Waals surface area contributed by atoms with Crippen LogP contribution in [0.5, 0.6) is 0 Å². The maximum atomic E-state index is 12.6. The molecule has 1 aromatic heterocycles. The zero-order valence-corrected chi connectivity index (χ0v) is 9.68. The van der Waals surface area contributed by atoms with E-state index in [9.17, 15) is 13.6 Å². The summed E-state index contributed by atoms with van der Waals surface area (Å²) in [7, 11) is 0. The number of pyridine rings is 1. The number of alkyl halides is 2. The average molecular weight is 261 g/mol. The van der Waals surface area contributed by atoms with Crippen LogP contribution in [-0.2, 0) is 0 Å². The zero-order chi connectivity index (χ0) is 12.5. The van der Waals surface area contributed by atoms with E-state index in [0.29, 0.717) is 0 Å². The number of nitrogens with one attached hydrogen (secondary N) is 1. The van der Waals surface area contributed by atoms with E-state index in [1.807, 2.05) is 0 Å². The molecule has 1 N–H and O–H groups in total. The Morgan fingerprint density at radius 3 is 2.88 bits per heavy atom. The molecule has 1 fully saturated rings. The van der Waals surface area contributed by atoms with E-state index in [4.69, 9.17) is 11.6 Å². The molecule has 0 aromatic carbocycles. The van der Waals surface area contributed by atoms with Crippen molar-refractivity contribution in [1.82, 2.24) is 10.3 Å². The largest absolute Gasteiger partial charge is 0.350 e. The smallest absolute Gasteiger partial charge is 0.271 e. The van der Waals surface area contributed by atoms with E-state index in [1.54, 1.807) is 12.1 Å². The number of halogens is 3. The predicted molar refractivity (Wildman–Crippen MR) is 59.3 cm³/mol. The van der Waals surface area contributed by atoms with Crippen LogP contribution in [0.15, 0.2) is 18.3 Å². The molecule has 1 heterocycles. The molecule has 0 atom stereocenters. The van der Waals surface area contributed by atoms with Crippen molar-refractivity contribution in [3.05, 3.63) is 29.0 Å². The predicted octanol–water partition coefficient (Wildman–Crippen LogP) is 2.51. The lowest BCUT2D eigenvalue weighted by molar-refractivity contribution is -0.108. The van der Waals surface area contributed by atoms with Gasteiger partial charge >= 0.3 is 0 Å². The van der Waals surface area contributed by atoms with Gasteiger partial charge in [-0.1, -0.05) is 11.6 Å². The van der Waals surface area contributed by atoms with Gasteiger partial charge in [0.05, 0.1) is 5.02 Å². The van der Waals surface area contributed by atoms with Crippen molar-refractivity contribution in [3.63, 3.8) is 0 Å². The van der Waals surface area contributed by atoms with Crippen LogP contribution in [0, 0.1) is 5.92 Å². The van der Waals surface area contributed by atoms with Crippen molar-refractivity contribution in [2.45, 2.75) is 18.8 Å². The summed E-state index contributed by atoms with van der Waals surface area (Å²) in [5.74, 6) is -3.14. The van der Waals surface area contributed by atoms with Crippen molar-refractivity contribution < 1.29 is 13.6 Å². The second-order valence-corrected chi connectivity index (χ2v) is 4.58. The van der Waals surface area contributed by atoms with E-state index >= 15 is 0 Å². The minimum Gasteiger partial charge on any atom is -0.350 e. The summed E-state index contributed by atoms with van der Waals surface area (Å²) < 4.78 is 25.1. The van der Waals surface area contributed by atoms with Crippen molar-refractivity contribution in [2.75, 3.05) is 6.54 Å². The van der Waals surface area contributed by atoms with E-state index < -0.39 is 11.8 Å². The number of aromatic nitrogens is 1. The minimum atomic E-state index is -2.56. The van der Waals surface area contributed by atoms with Gasteiger partial charge in [0.2, 0.25) is 5.92 Å². The monoisotopic (exact) mass is 260 g/mol. The number of rotatable bonds is 3. The van der Waals surface area contributed by atoms with Crippen molar-refractivity contribution in [1.29, 1.82) is 0 Å². The Labute approximate surface area is 102 Å². The Hall–Kier alpha value is -1.23. The number of carbonyl (C=O) groups excluding carboxylic acids is 1. The summed E-state index contributed by atoms with van der Waals surface area (Å²) in [6, 6.07) is 3.17. The number of amides is 1. The Morgan fingerprint density at radius 2 is 2.29 bits per heavy atom. The maximum Gasteiger partial charge on any atom is 0.271 e. The zero-order valence-electron chi connectivity index (χ0n) is 8.92. The van der Waals surface area contributed by atoms with Gasteiger partial charge in [0.25, 0.3) is 5.91 Å². The molecule has 1 saturated carbocycles. The molecule has 0 radical (unpaired) electrons. The average Bonchev–Trinajstić information content (AvgIpc) is 2.23. The first kappa shape index (κ1) is 12.2. The van der Waals surface area contributed by atoms with Gasteiger partial charge in [-0.05, 0) is 18.1 Å². The molecule has 92 valence electrons. The fourth-order valence-electron chi connectivity index (χ4n) is 1.80. The molecule has 3 nitrogen and oxygen atoms in total. The van der Waals surface area contributed by atoms with Gasteiger partial charge in [0.1, 0.15) is 5.69 Å². The molecule has 1 aliphatic carbocycles. The third-order valence-corrected chi connectivity index (χ3v) is 3.00. The fraction of sp³-hybridized carbons (Fsp3) is 0.455. The summed E-state index contributed by atoms with van der Waals surface area (Å²) in [6.45, 7) is 0.237. The molecule has 6 heteroatoms. The van der Waals surface area contributed by atoms with Gasteiger partial charge in [0.15, 0.2) is 0 Å². The SMILES string of the molecule is O=C(NCC1CC(F)(F)C1)c1ncccc1Cl. The van der Waals surface area contributed by atoms with Gasteiger partial charge in [-0.2, -0.15) is 0 Å². The molecule has 0 unspecified atom stereocenters. The van der Waals surface area contributed by atoms with Gasteiger partial charge in [-0.25, -0.2) is 13.8 Å². The van der Waals surface area contributed by atoms with E-state index in [2.05, 4.69) is 10.3 Å². The molecule has 0 aliphatic heterocycles. The lowest BCUT2D eigenvalue weighted by atomic mass is 9.81. The molecule has 0 spiro atoms. The minimum absolute atomic E-state index is 0.125. The molecule has 0 bridgehead atoms.